The highest BCUT2D eigenvalue weighted by Gasteiger charge is 2.38. The lowest BCUT2D eigenvalue weighted by atomic mass is 10.1. The third-order valence-corrected chi connectivity index (χ3v) is 5.31. The zero-order valence-electron chi connectivity index (χ0n) is 16.8. The molecule has 0 aliphatic carbocycles. The van der Waals surface area contributed by atoms with Crippen LogP contribution in [0.4, 0.5) is 0 Å². The van der Waals surface area contributed by atoms with E-state index in [0.29, 0.717) is 24.6 Å². The van der Waals surface area contributed by atoms with Crippen molar-refractivity contribution in [2.45, 2.75) is 45.5 Å². The predicted molar refractivity (Wildman–Crippen MR) is 107 cm³/mol. The van der Waals surface area contributed by atoms with Crippen molar-refractivity contribution in [2.24, 2.45) is 0 Å². The van der Waals surface area contributed by atoms with E-state index in [0.717, 1.165) is 17.1 Å². The van der Waals surface area contributed by atoms with E-state index in [1.54, 1.807) is 4.90 Å². The molecule has 0 spiro atoms. The molecule has 1 atom stereocenters. The predicted octanol–water partition coefficient (Wildman–Crippen LogP) is 3.11. The lowest BCUT2D eigenvalue weighted by molar-refractivity contribution is -0.141. The first-order chi connectivity index (χ1) is 13.9. The van der Waals surface area contributed by atoms with Gasteiger partial charge in [-0.25, -0.2) is 4.68 Å². The lowest BCUT2D eigenvalue weighted by Crippen LogP contribution is -2.44. The van der Waals surface area contributed by atoms with E-state index < -0.39 is 6.10 Å². The van der Waals surface area contributed by atoms with Crippen LogP contribution >= 0.6 is 0 Å². The van der Waals surface area contributed by atoms with E-state index in [1.807, 2.05) is 48.8 Å². The summed E-state index contributed by atoms with van der Waals surface area (Å²) in [5, 5.41) is 4.86. The lowest BCUT2D eigenvalue weighted by Gasteiger charge is -2.29. The van der Waals surface area contributed by atoms with Crippen LogP contribution in [0.15, 0.2) is 48.8 Å². The number of nitrogens with zero attached hydrogens (tertiary/aromatic N) is 4. The van der Waals surface area contributed by atoms with Crippen molar-refractivity contribution in [2.75, 3.05) is 6.61 Å². The number of hydrogen-bond acceptors (Lipinski definition) is 4. The Kier molecular flexibility index (Phi) is 3.94. The Bertz CT molecular complexity index is 1060. The van der Waals surface area contributed by atoms with Gasteiger partial charge in [0.2, 0.25) is 6.10 Å². The molecule has 29 heavy (non-hydrogen) atoms. The molecule has 0 fully saturated rings. The second-order valence-corrected chi connectivity index (χ2v) is 8.48. The van der Waals surface area contributed by atoms with Gasteiger partial charge in [-0.2, -0.15) is 5.10 Å². The highest BCUT2D eigenvalue weighted by atomic mass is 16.6. The summed E-state index contributed by atoms with van der Waals surface area (Å²) in [6, 6.07) is 11.4. The Balaban J connectivity index is 1.41. The summed E-state index contributed by atoms with van der Waals surface area (Å²) in [5.41, 5.74) is 1.86. The number of amides is 1. The van der Waals surface area contributed by atoms with Gasteiger partial charge in [-0.05, 0) is 45.0 Å². The van der Waals surface area contributed by atoms with Gasteiger partial charge in [0.25, 0.3) is 5.91 Å². The Labute approximate surface area is 169 Å². The van der Waals surface area contributed by atoms with Crippen molar-refractivity contribution >= 4 is 5.91 Å². The van der Waals surface area contributed by atoms with Crippen LogP contribution in [0.1, 0.15) is 32.0 Å². The average Bonchev–Trinajstić information content (AvgIpc) is 3.42. The molecule has 0 saturated heterocycles. The second-order valence-electron chi connectivity index (χ2n) is 8.48. The number of fused-ring (bicyclic) bond motifs is 2. The molecule has 4 heterocycles. The molecule has 1 unspecified atom stereocenters. The Morgan fingerprint density at radius 1 is 1.07 bits per heavy atom. The molecule has 2 aliphatic heterocycles. The molecular formula is C22H24N4O3. The molecule has 7 heteroatoms. The third kappa shape index (κ3) is 2.97. The highest BCUT2D eigenvalue weighted by molar-refractivity contribution is 5.82. The first kappa shape index (κ1) is 17.8. The Hall–Kier alpha value is -3.22. The molecule has 0 bridgehead atoms. The van der Waals surface area contributed by atoms with Crippen LogP contribution in [0.3, 0.4) is 0 Å². The van der Waals surface area contributed by atoms with Gasteiger partial charge in [0.15, 0.2) is 11.5 Å². The number of carbonyl (C=O) groups excluding carboxylic acids is 1. The van der Waals surface area contributed by atoms with Gasteiger partial charge < -0.3 is 18.9 Å². The van der Waals surface area contributed by atoms with Gasteiger partial charge in [0.1, 0.15) is 12.4 Å². The Morgan fingerprint density at radius 3 is 2.52 bits per heavy atom. The standard InChI is InChI=1S/C22H24N4O3/c1-22(2,3)26-20(24-10-6-7-11-24)15-12-25(13-16(15)23-26)21(27)19-14-28-17-8-4-5-9-18(17)29-19/h4-11,19H,12-14H2,1-3H3. The normalized spacial score (nSPS) is 18.0. The van der Waals surface area contributed by atoms with Crippen LogP contribution in [0.25, 0.3) is 5.82 Å². The van der Waals surface area contributed by atoms with Crippen molar-refractivity contribution in [3.05, 3.63) is 60.0 Å². The maximum atomic E-state index is 13.1. The van der Waals surface area contributed by atoms with Crippen molar-refractivity contribution in [3.8, 4) is 17.3 Å². The molecule has 1 amide bonds. The van der Waals surface area contributed by atoms with Gasteiger partial charge >= 0.3 is 0 Å². The number of benzene rings is 1. The summed E-state index contributed by atoms with van der Waals surface area (Å²) in [6.45, 7) is 7.62. The summed E-state index contributed by atoms with van der Waals surface area (Å²) in [5.74, 6) is 2.23. The fraction of sp³-hybridized carbons (Fsp3) is 0.364. The number of rotatable bonds is 2. The third-order valence-electron chi connectivity index (χ3n) is 5.31. The van der Waals surface area contributed by atoms with Crippen LogP contribution in [-0.4, -0.2) is 37.9 Å². The summed E-state index contributed by atoms with van der Waals surface area (Å²) < 4.78 is 15.8. The smallest absolute Gasteiger partial charge is 0.267 e. The molecular weight excluding hydrogens is 368 g/mol. The minimum Gasteiger partial charge on any atom is -0.485 e. The fourth-order valence-electron chi connectivity index (χ4n) is 3.91. The largest absolute Gasteiger partial charge is 0.485 e. The number of carbonyl (C=O) groups is 1. The van der Waals surface area contributed by atoms with Crippen molar-refractivity contribution in [1.82, 2.24) is 19.2 Å². The molecule has 0 saturated carbocycles. The molecule has 0 N–H and O–H groups in total. The van der Waals surface area contributed by atoms with E-state index in [1.165, 1.54) is 0 Å². The van der Waals surface area contributed by atoms with Crippen LogP contribution in [0, 0.1) is 0 Å². The van der Waals surface area contributed by atoms with E-state index in [4.69, 9.17) is 14.6 Å². The number of para-hydroxylation sites is 2. The molecule has 7 nitrogen and oxygen atoms in total. The Morgan fingerprint density at radius 2 is 1.79 bits per heavy atom. The van der Waals surface area contributed by atoms with Crippen molar-refractivity contribution in [1.29, 1.82) is 0 Å². The van der Waals surface area contributed by atoms with Gasteiger partial charge in [0, 0.05) is 18.0 Å². The molecule has 2 aromatic heterocycles. The fourth-order valence-corrected chi connectivity index (χ4v) is 3.91. The topological polar surface area (TPSA) is 61.5 Å². The van der Waals surface area contributed by atoms with E-state index in [2.05, 4.69) is 30.0 Å². The van der Waals surface area contributed by atoms with Gasteiger partial charge in [0.05, 0.1) is 24.3 Å². The summed E-state index contributed by atoms with van der Waals surface area (Å²) >= 11 is 0. The van der Waals surface area contributed by atoms with Gasteiger partial charge in [-0.3, -0.25) is 4.79 Å². The maximum Gasteiger partial charge on any atom is 0.267 e. The molecule has 1 aromatic carbocycles. The molecule has 3 aromatic rings. The molecule has 2 aliphatic rings. The first-order valence-electron chi connectivity index (χ1n) is 9.84. The zero-order valence-corrected chi connectivity index (χ0v) is 16.8. The van der Waals surface area contributed by atoms with Gasteiger partial charge in [-0.1, -0.05) is 12.1 Å². The van der Waals surface area contributed by atoms with E-state index in [-0.39, 0.29) is 18.1 Å². The van der Waals surface area contributed by atoms with Crippen LogP contribution < -0.4 is 9.47 Å². The molecule has 150 valence electrons. The summed E-state index contributed by atoms with van der Waals surface area (Å²) in [6.07, 6.45) is 3.39. The van der Waals surface area contributed by atoms with Crippen LogP contribution in [0.5, 0.6) is 11.5 Å². The minimum absolute atomic E-state index is 0.0710. The summed E-state index contributed by atoms with van der Waals surface area (Å²) in [7, 11) is 0. The SMILES string of the molecule is CC(C)(C)n1nc2c(c1-n1cccc1)CN(C(=O)C1COc3ccccc3O1)C2. The first-order valence-corrected chi connectivity index (χ1v) is 9.84. The summed E-state index contributed by atoms with van der Waals surface area (Å²) in [4.78, 5) is 14.9. The van der Waals surface area contributed by atoms with E-state index >= 15 is 0 Å². The number of aromatic nitrogens is 3. The highest BCUT2D eigenvalue weighted by Crippen LogP contribution is 2.34. The second kappa shape index (κ2) is 6.40. The van der Waals surface area contributed by atoms with Crippen LogP contribution in [0.2, 0.25) is 0 Å². The average molecular weight is 392 g/mol. The van der Waals surface area contributed by atoms with Crippen LogP contribution in [-0.2, 0) is 23.4 Å². The number of ether oxygens (including phenoxy) is 2. The molecule has 5 rings (SSSR count). The quantitative estimate of drug-likeness (QED) is 0.672. The minimum atomic E-state index is -0.640. The van der Waals surface area contributed by atoms with Crippen molar-refractivity contribution in [3.63, 3.8) is 0 Å². The monoisotopic (exact) mass is 392 g/mol. The zero-order chi connectivity index (χ0) is 20.2. The van der Waals surface area contributed by atoms with Gasteiger partial charge in [-0.15, -0.1) is 0 Å². The molecule has 0 radical (unpaired) electrons. The van der Waals surface area contributed by atoms with Crippen molar-refractivity contribution < 1.29 is 14.3 Å². The number of hydrogen-bond donors (Lipinski definition) is 0. The maximum absolute atomic E-state index is 13.1. The van der Waals surface area contributed by atoms with E-state index in [9.17, 15) is 4.79 Å².